The third kappa shape index (κ3) is 1.75. The number of aromatic nitrogens is 1. The van der Waals surface area contributed by atoms with Crippen LogP contribution >= 0.6 is 15.9 Å². The molecule has 1 aromatic heterocycles. The zero-order chi connectivity index (χ0) is 12.7. The van der Waals surface area contributed by atoms with Crippen LogP contribution in [0.5, 0.6) is 0 Å². The Morgan fingerprint density at radius 2 is 1.83 bits per heavy atom. The number of hydrogen-bond donors (Lipinski definition) is 0. The summed E-state index contributed by atoms with van der Waals surface area (Å²) in [6.07, 6.45) is 0. The summed E-state index contributed by atoms with van der Waals surface area (Å²) < 4.78 is 16.8. The van der Waals surface area contributed by atoms with E-state index in [1.54, 1.807) is 6.07 Å². The first-order chi connectivity index (χ1) is 8.66. The smallest absolute Gasteiger partial charge is 0.132 e. The lowest BCUT2D eigenvalue weighted by Crippen LogP contribution is -1.93. The Labute approximate surface area is 113 Å². The van der Waals surface area contributed by atoms with Crippen LogP contribution in [-0.2, 0) is 7.05 Å². The molecule has 3 aromatic rings. The van der Waals surface area contributed by atoms with Gasteiger partial charge in [-0.2, -0.15) is 0 Å². The van der Waals surface area contributed by atoms with Crippen molar-refractivity contribution in [1.29, 1.82) is 0 Å². The van der Waals surface area contributed by atoms with Gasteiger partial charge in [0, 0.05) is 28.0 Å². The third-order valence-corrected chi connectivity index (χ3v) is 3.65. The molecular weight excluding hydrogens is 293 g/mol. The van der Waals surface area contributed by atoms with Gasteiger partial charge in [0.1, 0.15) is 5.82 Å². The van der Waals surface area contributed by atoms with Crippen molar-refractivity contribution in [2.24, 2.45) is 7.05 Å². The van der Waals surface area contributed by atoms with Crippen LogP contribution in [-0.4, -0.2) is 4.57 Å². The van der Waals surface area contributed by atoms with E-state index in [1.165, 1.54) is 6.07 Å². The molecule has 3 heteroatoms. The highest BCUT2D eigenvalue weighted by molar-refractivity contribution is 9.10. The molecule has 0 bridgehead atoms. The van der Waals surface area contributed by atoms with E-state index in [0.29, 0.717) is 5.56 Å². The van der Waals surface area contributed by atoms with Crippen molar-refractivity contribution in [3.8, 4) is 11.3 Å². The minimum absolute atomic E-state index is 0.205. The van der Waals surface area contributed by atoms with Gasteiger partial charge in [-0.25, -0.2) is 4.39 Å². The summed E-state index contributed by atoms with van der Waals surface area (Å²) in [6.45, 7) is 0. The maximum Gasteiger partial charge on any atom is 0.132 e. The minimum Gasteiger partial charge on any atom is -0.344 e. The summed E-state index contributed by atoms with van der Waals surface area (Å²) in [4.78, 5) is 0. The Kier molecular flexibility index (Phi) is 2.71. The molecule has 0 aliphatic rings. The highest BCUT2D eigenvalue weighted by Gasteiger charge is 2.11. The summed E-state index contributed by atoms with van der Waals surface area (Å²) in [6, 6.07) is 15.1. The third-order valence-electron chi connectivity index (χ3n) is 3.16. The van der Waals surface area contributed by atoms with Crippen molar-refractivity contribution in [3.63, 3.8) is 0 Å². The Morgan fingerprint density at radius 3 is 2.61 bits per heavy atom. The normalized spacial score (nSPS) is 11.1. The molecule has 1 nitrogen and oxygen atoms in total. The van der Waals surface area contributed by atoms with Crippen molar-refractivity contribution >= 4 is 26.8 Å². The standard InChI is InChI=1S/C15H11BrFN/c1-18-14-5-3-2-4-10(14)8-15(18)12-9-11(16)6-7-13(12)17/h2-9H,1H3. The number of para-hydroxylation sites is 1. The lowest BCUT2D eigenvalue weighted by Gasteiger charge is -2.06. The van der Waals surface area contributed by atoms with E-state index in [2.05, 4.69) is 15.9 Å². The van der Waals surface area contributed by atoms with Gasteiger partial charge >= 0.3 is 0 Å². The van der Waals surface area contributed by atoms with Crippen molar-refractivity contribution < 1.29 is 4.39 Å². The molecule has 2 aromatic carbocycles. The fourth-order valence-electron chi connectivity index (χ4n) is 2.24. The number of nitrogens with zero attached hydrogens (tertiary/aromatic N) is 1. The predicted molar refractivity (Wildman–Crippen MR) is 76.0 cm³/mol. The minimum atomic E-state index is -0.205. The van der Waals surface area contributed by atoms with Gasteiger partial charge in [0.2, 0.25) is 0 Å². The summed E-state index contributed by atoms with van der Waals surface area (Å²) in [5.41, 5.74) is 2.60. The molecule has 0 radical (unpaired) electrons. The zero-order valence-corrected chi connectivity index (χ0v) is 11.4. The molecule has 0 amide bonds. The maximum absolute atomic E-state index is 13.9. The van der Waals surface area contributed by atoms with Crippen LogP contribution in [0.4, 0.5) is 4.39 Å². The van der Waals surface area contributed by atoms with Gasteiger partial charge in [0.15, 0.2) is 0 Å². The number of hydrogen-bond acceptors (Lipinski definition) is 0. The number of benzene rings is 2. The quantitative estimate of drug-likeness (QED) is 0.611. The summed E-state index contributed by atoms with van der Waals surface area (Å²) in [5.74, 6) is -0.205. The van der Waals surface area contributed by atoms with E-state index in [0.717, 1.165) is 21.1 Å². The monoisotopic (exact) mass is 303 g/mol. The molecule has 0 aliphatic heterocycles. The second-order valence-electron chi connectivity index (χ2n) is 4.27. The van der Waals surface area contributed by atoms with Gasteiger partial charge in [-0.15, -0.1) is 0 Å². The van der Waals surface area contributed by atoms with Crippen molar-refractivity contribution in [2.75, 3.05) is 0 Å². The highest BCUT2D eigenvalue weighted by Crippen LogP contribution is 2.30. The van der Waals surface area contributed by atoms with Crippen LogP contribution in [0.1, 0.15) is 0 Å². The summed E-state index contributed by atoms with van der Waals surface area (Å²) in [5, 5.41) is 1.12. The summed E-state index contributed by atoms with van der Waals surface area (Å²) in [7, 11) is 1.96. The SMILES string of the molecule is Cn1c(-c2cc(Br)ccc2F)cc2ccccc21. The molecular formula is C15H11BrFN. The van der Waals surface area contributed by atoms with Crippen LogP contribution in [0.15, 0.2) is 53.0 Å². The molecule has 0 spiro atoms. The van der Waals surface area contributed by atoms with E-state index < -0.39 is 0 Å². The maximum atomic E-state index is 13.9. The van der Waals surface area contributed by atoms with Crippen molar-refractivity contribution in [2.45, 2.75) is 0 Å². The molecule has 3 rings (SSSR count). The molecule has 0 saturated carbocycles. The van der Waals surface area contributed by atoms with E-state index in [9.17, 15) is 4.39 Å². The van der Waals surface area contributed by atoms with Gasteiger partial charge in [-0.1, -0.05) is 34.1 Å². The summed E-state index contributed by atoms with van der Waals surface area (Å²) >= 11 is 3.39. The fourth-order valence-corrected chi connectivity index (χ4v) is 2.60. The highest BCUT2D eigenvalue weighted by atomic mass is 79.9. The van der Waals surface area contributed by atoms with Crippen LogP contribution in [0, 0.1) is 5.82 Å². The molecule has 90 valence electrons. The molecule has 0 saturated heterocycles. The zero-order valence-electron chi connectivity index (χ0n) is 9.82. The van der Waals surface area contributed by atoms with E-state index >= 15 is 0 Å². The average molecular weight is 304 g/mol. The molecule has 0 fully saturated rings. The van der Waals surface area contributed by atoms with Gasteiger partial charge in [-0.3, -0.25) is 0 Å². The topological polar surface area (TPSA) is 4.93 Å². The van der Waals surface area contributed by atoms with Gasteiger partial charge in [-0.05, 0) is 30.3 Å². The van der Waals surface area contributed by atoms with Crippen molar-refractivity contribution in [3.05, 3.63) is 58.8 Å². The first-order valence-corrected chi connectivity index (χ1v) is 6.46. The first kappa shape index (κ1) is 11.5. The molecule has 0 aliphatic carbocycles. The number of rotatable bonds is 1. The molecule has 1 heterocycles. The number of fused-ring (bicyclic) bond motifs is 1. The lowest BCUT2D eigenvalue weighted by molar-refractivity contribution is 0.629. The molecule has 0 N–H and O–H groups in total. The fraction of sp³-hybridized carbons (Fsp3) is 0.0667. The van der Waals surface area contributed by atoms with E-state index in [1.807, 2.05) is 48.0 Å². The molecule has 18 heavy (non-hydrogen) atoms. The van der Waals surface area contributed by atoms with Gasteiger partial charge in [0.05, 0.1) is 5.69 Å². The number of halogens is 2. The molecule has 0 unspecified atom stereocenters. The second kappa shape index (κ2) is 4.25. The van der Waals surface area contributed by atoms with E-state index in [-0.39, 0.29) is 5.82 Å². The lowest BCUT2D eigenvalue weighted by atomic mass is 10.1. The largest absolute Gasteiger partial charge is 0.344 e. The van der Waals surface area contributed by atoms with E-state index in [4.69, 9.17) is 0 Å². The Morgan fingerprint density at radius 1 is 1.06 bits per heavy atom. The Hall–Kier alpha value is -1.61. The predicted octanol–water partition coefficient (Wildman–Crippen LogP) is 4.75. The van der Waals surface area contributed by atoms with Crippen molar-refractivity contribution in [1.82, 2.24) is 4.57 Å². The van der Waals surface area contributed by atoms with Gasteiger partial charge in [0.25, 0.3) is 0 Å². The van der Waals surface area contributed by atoms with Crippen LogP contribution in [0.3, 0.4) is 0 Å². The van der Waals surface area contributed by atoms with Crippen LogP contribution in [0.25, 0.3) is 22.2 Å². The van der Waals surface area contributed by atoms with Gasteiger partial charge < -0.3 is 4.57 Å². The second-order valence-corrected chi connectivity index (χ2v) is 5.19. The Bertz CT molecular complexity index is 730. The van der Waals surface area contributed by atoms with Crippen LogP contribution in [0.2, 0.25) is 0 Å². The number of aryl methyl sites for hydroxylation is 1. The molecule has 0 atom stereocenters. The van der Waals surface area contributed by atoms with Crippen LogP contribution < -0.4 is 0 Å². The first-order valence-electron chi connectivity index (χ1n) is 5.67. The Balaban J connectivity index is 2.31. The average Bonchev–Trinajstić information content (AvgIpc) is 2.71.